The summed E-state index contributed by atoms with van der Waals surface area (Å²) in [6.45, 7) is 8.37. The lowest BCUT2D eigenvalue weighted by Gasteiger charge is -2.17. The van der Waals surface area contributed by atoms with Crippen LogP contribution in [-0.2, 0) is 6.42 Å². The summed E-state index contributed by atoms with van der Waals surface area (Å²) in [5.41, 5.74) is 4.23. The first-order valence-electron chi connectivity index (χ1n) is 7.57. The molecule has 0 saturated carbocycles. The van der Waals surface area contributed by atoms with Crippen molar-refractivity contribution in [3.63, 3.8) is 0 Å². The summed E-state index contributed by atoms with van der Waals surface area (Å²) in [5, 5.41) is 3.42. The van der Waals surface area contributed by atoms with E-state index in [9.17, 15) is 4.39 Å². The van der Waals surface area contributed by atoms with Crippen LogP contribution in [0, 0.1) is 18.7 Å². The molecule has 1 N–H and O–H groups in total. The lowest BCUT2D eigenvalue weighted by atomic mass is 10.00. The third-order valence-corrected chi connectivity index (χ3v) is 3.66. The Morgan fingerprint density at radius 3 is 2.24 bits per heavy atom. The van der Waals surface area contributed by atoms with E-state index in [1.165, 1.54) is 17.2 Å². The van der Waals surface area contributed by atoms with Crippen LogP contribution in [0.1, 0.15) is 43.5 Å². The molecule has 0 aliphatic rings. The fraction of sp³-hybridized carbons (Fsp3) is 0.368. The van der Waals surface area contributed by atoms with Gasteiger partial charge in [0.05, 0.1) is 0 Å². The minimum Gasteiger partial charge on any atom is -0.379 e. The summed E-state index contributed by atoms with van der Waals surface area (Å²) < 4.78 is 13.3. The molecule has 112 valence electrons. The molecule has 1 nitrogen and oxygen atoms in total. The Hall–Kier alpha value is -1.83. The van der Waals surface area contributed by atoms with Gasteiger partial charge in [0.25, 0.3) is 0 Å². The summed E-state index contributed by atoms with van der Waals surface area (Å²) in [7, 11) is 0. The Morgan fingerprint density at radius 1 is 1.00 bits per heavy atom. The van der Waals surface area contributed by atoms with Gasteiger partial charge < -0.3 is 5.32 Å². The van der Waals surface area contributed by atoms with Crippen LogP contribution in [-0.4, -0.2) is 0 Å². The van der Waals surface area contributed by atoms with Crippen LogP contribution < -0.4 is 5.32 Å². The van der Waals surface area contributed by atoms with Crippen LogP contribution in [0.2, 0.25) is 0 Å². The highest BCUT2D eigenvalue weighted by atomic mass is 19.1. The molecule has 0 saturated heterocycles. The van der Waals surface area contributed by atoms with Crippen molar-refractivity contribution in [3.05, 3.63) is 65.0 Å². The monoisotopic (exact) mass is 285 g/mol. The molecule has 2 aromatic rings. The van der Waals surface area contributed by atoms with Crippen LogP contribution in [0.25, 0.3) is 0 Å². The highest BCUT2D eigenvalue weighted by Gasteiger charge is 2.07. The summed E-state index contributed by atoms with van der Waals surface area (Å²) >= 11 is 0. The second-order valence-corrected chi connectivity index (χ2v) is 6.17. The van der Waals surface area contributed by atoms with Crippen LogP contribution in [0.3, 0.4) is 0 Å². The number of hydrogen-bond donors (Lipinski definition) is 1. The number of benzene rings is 2. The quantitative estimate of drug-likeness (QED) is 0.764. The maximum Gasteiger partial charge on any atom is 0.126 e. The normalized spacial score (nSPS) is 12.5. The van der Waals surface area contributed by atoms with E-state index in [1.54, 1.807) is 13.0 Å². The number of halogens is 1. The van der Waals surface area contributed by atoms with Crippen molar-refractivity contribution < 1.29 is 4.39 Å². The predicted octanol–water partition coefficient (Wildman–Crippen LogP) is 5.51. The first-order chi connectivity index (χ1) is 9.95. The minimum atomic E-state index is -0.161. The number of aryl methyl sites for hydroxylation is 1. The molecule has 0 fully saturated rings. The van der Waals surface area contributed by atoms with E-state index in [0.29, 0.717) is 11.5 Å². The lowest BCUT2D eigenvalue weighted by molar-refractivity contribution is 0.618. The molecule has 0 aromatic heterocycles. The topological polar surface area (TPSA) is 12.0 Å². The smallest absolute Gasteiger partial charge is 0.126 e. The van der Waals surface area contributed by atoms with Gasteiger partial charge in [0.15, 0.2) is 0 Å². The van der Waals surface area contributed by atoms with Crippen molar-refractivity contribution >= 4 is 5.69 Å². The molecule has 1 unspecified atom stereocenters. The molecular weight excluding hydrogens is 261 g/mol. The third-order valence-electron chi connectivity index (χ3n) is 3.66. The van der Waals surface area contributed by atoms with Gasteiger partial charge in [-0.2, -0.15) is 0 Å². The molecule has 0 amide bonds. The van der Waals surface area contributed by atoms with Gasteiger partial charge in [0, 0.05) is 11.7 Å². The van der Waals surface area contributed by atoms with Crippen LogP contribution in [0.15, 0.2) is 42.5 Å². The summed E-state index contributed by atoms with van der Waals surface area (Å²) in [4.78, 5) is 0. The van der Waals surface area contributed by atoms with E-state index in [4.69, 9.17) is 0 Å². The summed E-state index contributed by atoms with van der Waals surface area (Å²) in [5.74, 6) is 0.514. The van der Waals surface area contributed by atoms with Crippen molar-refractivity contribution in [2.75, 3.05) is 5.32 Å². The fourth-order valence-electron chi connectivity index (χ4n) is 2.48. The second kappa shape index (κ2) is 6.75. The van der Waals surface area contributed by atoms with E-state index >= 15 is 0 Å². The first kappa shape index (κ1) is 15.6. The Morgan fingerprint density at radius 2 is 1.67 bits per heavy atom. The Balaban J connectivity index is 2.05. The zero-order valence-electron chi connectivity index (χ0n) is 13.3. The van der Waals surface area contributed by atoms with Crippen LogP contribution >= 0.6 is 0 Å². The Kier molecular flexibility index (Phi) is 5.00. The van der Waals surface area contributed by atoms with E-state index in [2.05, 4.69) is 50.4 Å². The Labute approximate surface area is 127 Å². The number of rotatable bonds is 5. The molecule has 2 heteroatoms. The van der Waals surface area contributed by atoms with Crippen molar-refractivity contribution in [3.8, 4) is 0 Å². The highest BCUT2D eigenvalue weighted by Crippen LogP contribution is 2.22. The number of anilines is 1. The summed E-state index contributed by atoms with van der Waals surface area (Å²) in [6.07, 6.45) is 1.11. The Bertz CT molecular complexity index is 587. The molecular formula is C19H24FN. The SMILES string of the molecule is Cc1cc(NC(C)c2ccc(CC(C)C)cc2)ccc1F. The van der Waals surface area contributed by atoms with E-state index in [0.717, 1.165) is 12.1 Å². The van der Waals surface area contributed by atoms with E-state index in [1.807, 2.05) is 6.07 Å². The van der Waals surface area contributed by atoms with Crippen LogP contribution in [0.4, 0.5) is 10.1 Å². The van der Waals surface area contributed by atoms with Gasteiger partial charge in [-0.25, -0.2) is 4.39 Å². The van der Waals surface area contributed by atoms with Crippen molar-refractivity contribution in [1.29, 1.82) is 0 Å². The van der Waals surface area contributed by atoms with E-state index < -0.39 is 0 Å². The minimum absolute atomic E-state index is 0.161. The van der Waals surface area contributed by atoms with E-state index in [-0.39, 0.29) is 11.9 Å². The molecule has 1 atom stereocenters. The molecule has 0 radical (unpaired) electrons. The maximum atomic E-state index is 13.3. The molecule has 0 aliphatic carbocycles. The van der Waals surface area contributed by atoms with Crippen molar-refractivity contribution in [2.24, 2.45) is 5.92 Å². The van der Waals surface area contributed by atoms with Gasteiger partial charge in [0.1, 0.15) is 5.82 Å². The second-order valence-electron chi connectivity index (χ2n) is 6.17. The standard InChI is InChI=1S/C19H24FN/c1-13(2)11-16-5-7-17(8-6-16)15(4)21-18-9-10-19(20)14(3)12-18/h5-10,12-13,15,21H,11H2,1-4H3. The van der Waals surface area contributed by atoms with Crippen molar-refractivity contribution in [2.45, 2.75) is 40.2 Å². The predicted molar refractivity (Wildman–Crippen MR) is 88.2 cm³/mol. The molecule has 2 rings (SSSR count). The summed E-state index contributed by atoms with van der Waals surface area (Å²) in [6, 6.07) is 14.1. The zero-order valence-corrected chi connectivity index (χ0v) is 13.3. The van der Waals surface area contributed by atoms with Crippen molar-refractivity contribution in [1.82, 2.24) is 0 Å². The molecule has 0 heterocycles. The number of nitrogens with one attached hydrogen (secondary N) is 1. The fourth-order valence-corrected chi connectivity index (χ4v) is 2.48. The molecule has 2 aromatic carbocycles. The molecule has 0 spiro atoms. The molecule has 0 aliphatic heterocycles. The average molecular weight is 285 g/mol. The maximum absolute atomic E-state index is 13.3. The largest absolute Gasteiger partial charge is 0.379 e. The van der Waals surface area contributed by atoms with Gasteiger partial charge in [-0.05, 0) is 61.1 Å². The number of hydrogen-bond acceptors (Lipinski definition) is 1. The van der Waals surface area contributed by atoms with Gasteiger partial charge >= 0.3 is 0 Å². The van der Waals surface area contributed by atoms with Gasteiger partial charge in [0.2, 0.25) is 0 Å². The van der Waals surface area contributed by atoms with Gasteiger partial charge in [-0.3, -0.25) is 0 Å². The molecule has 21 heavy (non-hydrogen) atoms. The van der Waals surface area contributed by atoms with Gasteiger partial charge in [-0.15, -0.1) is 0 Å². The average Bonchev–Trinajstić information content (AvgIpc) is 2.43. The zero-order chi connectivity index (χ0) is 15.4. The molecule has 0 bridgehead atoms. The first-order valence-corrected chi connectivity index (χ1v) is 7.57. The third kappa shape index (κ3) is 4.32. The highest BCUT2D eigenvalue weighted by molar-refractivity contribution is 5.48. The van der Waals surface area contributed by atoms with Gasteiger partial charge in [-0.1, -0.05) is 38.1 Å². The van der Waals surface area contributed by atoms with Crippen LogP contribution in [0.5, 0.6) is 0 Å². The lowest BCUT2D eigenvalue weighted by Crippen LogP contribution is -2.07.